The lowest BCUT2D eigenvalue weighted by Crippen LogP contribution is -2.36. The van der Waals surface area contributed by atoms with Crippen LogP contribution in [-0.4, -0.2) is 28.7 Å². The van der Waals surface area contributed by atoms with Gasteiger partial charge in [0.1, 0.15) is 6.61 Å². The molecule has 0 bridgehead atoms. The van der Waals surface area contributed by atoms with Crippen molar-refractivity contribution >= 4 is 51.6 Å². The Kier molecular flexibility index (Phi) is 9.02. The molecule has 5 nitrogen and oxygen atoms in total. The van der Waals surface area contributed by atoms with Gasteiger partial charge in [0.05, 0.1) is 11.5 Å². The summed E-state index contributed by atoms with van der Waals surface area (Å²) in [7, 11) is 0. The second kappa shape index (κ2) is 11.7. The maximum Gasteiger partial charge on any atom is 0.293 e. The average molecular weight is 577 g/mol. The highest BCUT2D eigenvalue weighted by Gasteiger charge is 2.37. The van der Waals surface area contributed by atoms with Gasteiger partial charge < -0.3 is 9.47 Å². The van der Waals surface area contributed by atoms with Crippen molar-refractivity contribution in [2.75, 3.05) is 6.61 Å². The molecule has 0 unspecified atom stereocenters. The van der Waals surface area contributed by atoms with E-state index < -0.39 is 0 Å². The molecule has 2 amide bonds. The summed E-state index contributed by atoms with van der Waals surface area (Å²) in [5.74, 6) is 1.02. The van der Waals surface area contributed by atoms with Crippen LogP contribution in [0.4, 0.5) is 4.79 Å². The van der Waals surface area contributed by atoms with E-state index in [2.05, 4.69) is 29.2 Å². The van der Waals surface area contributed by atoms with Crippen LogP contribution in [0, 0.1) is 3.57 Å². The van der Waals surface area contributed by atoms with Crippen LogP contribution < -0.4 is 9.47 Å². The van der Waals surface area contributed by atoms with E-state index in [1.807, 2.05) is 63.2 Å². The number of ether oxygens (including phenoxy) is 2. The van der Waals surface area contributed by atoms with E-state index in [0.717, 1.165) is 34.9 Å². The number of benzene rings is 2. The number of carbonyl (C=O) groups excluding carboxylic acids is 2. The Morgan fingerprint density at radius 3 is 2.52 bits per heavy atom. The number of carbonyl (C=O) groups is 2. The second-order valence-electron chi connectivity index (χ2n) is 7.66. The van der Waals surface area contributed by atoms with Crippen molar-refractivity contribution in [1.82, 2.24) is 4.90 Å². The van der Waals surface area contributed by atoms with Gasteiger partial charge in [-0.25, -0.2) is 0 Å². The second-order valence-corrected chi connectivity index (χ2v) is 9.90. The van der Waals surface area contributed by atoms with Gasteiger partial charge in [0, 0.05) is 15.2 Å². The molecule has 7 heteroatoms. The molecule has 33 heavy (non-hydrogen) atoms. The fourth-order valence-electron chi connectivity index (χ4n) is 3.43. The minimum Gasteiger partial charge on any atom is -0.490 e. The van der Waals surface area contributed by atoms with Crippen molar-refractivity contribution in [3.63, 3.8) is 0 Å². The van der Waals surface area contributed by atoms with Gasteiger partial charge in [-0.1, -0.05) is 25.1 Å². The van der Waals surface area contributed by atoms with Crippen molar-refractivity contribution < 1.29 is 19.1 Å². The standard InChI is InChI=1S/C26H28INO4S/c1-5-8-20-13-19(15-23-25(29)28(17(4)6-2)26(30)33-23)14-22(31-7-3)24(20)32-16-18-9-11-21(27)12-10-18/h5,9-15,17H,1,6-8,16H2,2-4H3/b23-15+/t17-/m1/s1. The highest BCUT2D eigenvalue weighted by molar-refractivity contribution is 14.1. The van der Waals surface area contributed by atoms with E-state index in [9.17, 15) is 9.59 Å². The first-order chi connectivity index (χ1) is 15.9. The van der Waals surface area contributed by atoms with Crippen molar-refractivity contribution in [2.24, 2.45) is 0 Å². The summed E-state index contributed by atoms with van der Waals surface area (Å²) in [6.45, 7) is 10.5. The third-order valence-corrected chi connectivity index (χ3v) is 6.87. The maximum absolute atomic E-state index is 12.8. The molecular formula is C26H28INO4S. The Morgan fingerprint density at radius 1 is 1.15 bits per heavy atom. The molecule has 0 saturated carbocycles. The van der Waals surface area contributed by atoms with Gasteiger partial charge >= 0.3 is 0 Å². The van der Waals surface area contributed by atoms with Crippen LogP contribution in [0.5, 0.6) is 11.5 Å². The van der Waals surface area contributed by atoms with E-state index in [4.69, 9.17) is 9.47 Å². The summed E-state index contributed by atoms with van der Waals surface area (Å²) in [5.41, 5.74) is 2.76. The number of hydrogen-bond donors (Lipinski definition) is 0. The van der Waals surface area contributed by atoms with Gasteiger partial charge in [-0.15, -0.1) is 6.58 Å². The van der Waals surface area contributed by atoms with E-state index in [-0.39, 0.29) is 17.2 Å². The normalized spacial score (nSPS) is 15.8. The third kappa shape index (κ3) is 6.20. The molecule has 3 rings (SSSR count). The molecule has 1 aliphatic heterocycles. The Balaban J connectivity index is 1.94. The zero-order valence-electron chi connectivity index (χ0n) is 19.1. The fraction of sp³-hybridized carbons (Fsp3) is 0.308. The molecular weight excluding hydrogens is 549 g/mol. The number of imide groups is 1. The minimum absolute atomic E-state index is 0.129. The molecule has 1 saturated heterocycles. The first-order valence-electron chi connectivity index (χ1n) is 10.9. The predicted molar refractivity (Wildman–Crippen MR) is 143 cm³/mol. The number of nitrogens with zero attached hydrogens (tertiary/aromatic N) is 1. The molecule has 0 N–H and O–H groups in total. The molecule has 1 fully saturated rings. The number of thioether (sulfide) groups is 1. The van der Waals surface area contributed by atoms with Crippen molar-refractivity contribution in [1.29, 1.82) is 0 Å². The number of halogens is 1. The SMILES string of the molecule is C=CCc1cc(/C=C2/SC(=O)N([C@H](C)CC)C2=O)cc(OCC)c1OCc1ccc(I)cc1. The molecule has 0 aliphatic carbocycles. The van der Waals surface area contributed by atoms with Crippen LogP contribution in [0.25, 0.3) is 6.08 Å². The lowest BCUT2D eigenvalue weighted by Gasteiger charge is -2.19. The number of amides is 2. The predicted octanol–water partition coefficient (Wildman–Crippen LogP) is 6.83. The minimum atomic E-state index is -0.249. The molecule has 2 aromatic carbocycles. The largest absolute Gasteiger partial charge is 0.490 e. The van der Waals surface area contributed by atoms with Crippen LogP contribution in [0.2, 0.25) is 0 Å². The summed E-state index contributed by atoms with van der Waals surface area (Å²) in [6.07, 6.45) is 4.86. The molecule has 0 spiro atoms. The topological polar surface area (TPSA) is 55.8 Å². The summed E-state index contributed by atoms with van der Waals surface area (Å²) < 4.78 is 13.3. The zero-order chi connectivity index (χ0) is 24.0. The van der Waals surface area contributed by atoms with Gasteiger partial charge in [-0.05, 0) is 103 Å². The Bertz CT molecular complexity index is 1060. The first kappa shape index (κ1) is 25.4. The van der Waals surface area contributed by atoms with Gasteiger partial charge in [0.2, 0.25) is 0 Å². The highest BCUT2D eigenvalue weighted by Crippen LogP contribution is 2.38. The molecule has 2 aromatic rings. The van der Waals surface area contributed by atoms with Gasteiger partial charge in [0.25, 0.3) is 11.1 Å². The average Bonchev–Trinajstić information content (AvgIpc) is 3.07. The van der Waals surface area contributed by atoms with E-state index >= 15 is 0 Å². The third-order valence-electron chi connectivity index (χ3n) is 5.27. The van der Waals surface area contributed by atoms with Crippen molar-refractivity contribution in [3.05, 3.63) is 74.2 Å². The molecule has 1 atom stereocenters. The van der Waals surface area contributed by atoms with E-state index in [1.165, 1.54) is 8.47 Å². The lowest BCUT2D eigenvalue weighted by molar-refractivity contribution is -0.124. The van der Waals surface area contributed by atoms with Gasteiger partial charge in [-0.2, -0.15) is 0 Å². The maximum atomic E-state index is 12.8. The lowest BCUT2D eigenvalue weighted by atomic mass is 10.0. The highest BCUT2D eigenvalue weighted by atomic mass is 127. The quantitative estimate of drug-likeness (QED) is 0.176. The Labute approximate surface area is 213 Å². The van der Waals surface area contributed by atoms with Gasteiger partial charge in [0.15, 0.2) is 11.5 Å². The van der Waals surface area contributed by atoms with Crippen molar-refractivity contribution in [2.45, 2.75) is 46.3 Å². The monoisotopic (exact) mass is 577 g/mol. The van der Waals surface area contributed by atoms with Crippen LogP contribution in [0.1, 0.15) is 43.9 Å². The molecule has 0 radical (unpaired) electrons. The molecule has 0 aromatic heterocycles. The Morgan fingerprint density at radius 2 is 1.88 bits per heavy atom. The molecule has 174 valence electrons. The first-order valence-corrected chi connectivity index (χ1v) is 12.8. The number of rotatable bonds is 10. The smallest absolute Gasteiger partial charge is 0.293 e. The van der Waals surface area contributed by atoms with E-state index in [0.29, 0.717) is 36.0 Å². The summed E-state index contributed by atoms with van der Waals surface area (Å²) in [4.78, 5) is 27.0. The van der Waals surface area contributed by atoms with E-state index in [1.54, 1.807) is 6.08 Å². The number of allylic oxidation sites excluding steroid dienone is 1. The molecule has 1 heterocycles. The summed E-state index contributed by atoms with van der Waals surface area (Å²) >= 11 is 3.25. The zero-order valence-corrected chi connectivity index (χ0v) is 22.1. The molecule has 1 aliphatic rings. The van der Waals surface area contributed by atoms with Crippen LogP contribution >= 0.6 is 34.4 Å². The van der Waals surface area contributed by atoms with Crippen molar-refractivity contribution in [3.8, 4) is 11.5 Å². The van der Waals surface area contributed by atoms with Crippen LogP contribution in [-0.2, 0) is 17.8 Å². The van der Waals surface area contributed by atoms with Crippen LogP contribution in [0.15, 0.2) is 54.0 Å². The summed E-state index contributed by atoms with van der Waals surface area (Å²) in [5, 5.41) is -0.227. The fourth-order valence-corrected chi connectivity index (χ4v) is 4.72. The van der Waals surface area contributed by atoms with Crippen LogP contribution in [0.3, 0.4) is 0 Å². The van der Waals surface area contributed by atoms with Gasteiger partial charge in [-0.3, -0.25) is 14.5 Å². The number of hydrogen-bond acceptors (Lipinski definition) is 5. The summed E-state index contributed by atoms with van der Waals surface area (Å²) in [6, 6.07) is 11.9. The Hall–Kier alpha value is -2.26.